The second-order valence-electron chi connectivity index (χ2n) is 12.6. The molecule has 1 heterocycles. The van der Waals surface area contributed by atoms with Crippen LogP contribution in [0.5, 0.6) is 0 Å². The minimum atomic E-state index is 0.320. The lowest BCUT2D eigenvalue weighted by Crippen LogP contribution is -2.01. The summed E-state index contributed by atoms with van der Waals surface area (Å²) in [6.45, 7) is 4.59. The van der Waals surface area contributed by atoms with Crippen LogP contribution in [0.3, 0.4) is 0 Å². The van der Waals surface area contributed by atoms with Gasteiger partial charge in [0.2, 0.25) is 0 Å². The van der Waals surface area contributed by atoms with Crippen molar-refractivity contribution in [1.82, 2.24) is 4.57 Å². The minimum absolute atomic E-state index is 0.320. The topological polar surface area (TPSA) is 4.93 Å². The van der Waals surface area contributed by atoms with Crippen LogP contribution in [0.25, 0.3) is 87.5 Å². The van der Waals surface area contributed by atoms with Gasteiger partial charge in [0.05, 0.1) is 5.52 Å². The van der Waals surface area contributed by atoms with Crippen molar-refractivity contribution in [3.05, 3.63) is 158 Å². The van der Waals surface area contributed by atoms with Crippen molar-refractivity contribution < 1.29 is 0 Å². The fourth-order valence-electron chi connectivity index (χ4n) is 7.81. The van der Waals surface area contributed by atoms with Crippen LogP contribution in [-0.4, -0.2) is 4.57 Å². The van der Waals surface area contributed by atoms with E-state index in [1.54, 1.807) is 0 Å². The highest BCUT2D eigenvalue weighted by atomic mass is 15.0. The molecule has 0 saturated heterocycles. The normalized spacial score (nSPS) is 11.9. The molecule has 0 saturated carbocycles. The Hall–Kier alpha value is -5.66. The van der Waals surface area contributed by atoms with Crippen molar-refractivity contribution in [3.8, 4) is 33.4 Å². The number of para-hydroxylation sites is 2. The molecule has 1 heteroatoms. The Balaban J connectivity index is 1.32. The first-order valence-electron chi connectivity index (χ1n) is 16.2. The lowest BCUT2D eigenvalue weighted by Gasteiger charge is -2.20. The third-order valence-electron chi connectivity index (χ3n) is 9.72. The van der Waals surface area contributed by atoms with Gasteiger partial charge < -0.3 is 4.57 Å². The summed E-state index contributed by atoms with van der Waals surface area (Å²) < 4.78 is 2.53. The van der Waals surface area contributed by atoms with E-state index in [2.05, 4.69) is 176 Å². The molecule has 0 aliphatic rings. The maximum Gasteiger partial charge on any atom is 0.0573 e. The summed E-state index contributed by atoms with van der Waals surface area (Å²) in [7, 11) is 0. The summed E-state index contributed by atoms with van der Waals surface area (Å²) in [6.07, 6.45) is 0. The molecule has 9 rings (SSSR count). The summed E-state index contributed by atoms with van der Waals surface area (Å²) in [5.74, 6) is 0. The van der Waals surface area contributed by atoms with Crippen LogP contribution in [0.1, 0.15) is 19.9 Å². The van der Waals surface area contributed by atoms with Gasteiger partial charge in [0, 0.05) is 27.9 Å². The third-order valence-corrected chi connectivity index (χ3v) is 9.72. The van der Waals surface area contributed by atoms with Gasteiger partial charge in [-0.25, -0.2) is 0 Å². The van der Waals surface area contributed by atoms with Crippen LogP contribution in [0, 0.1) is 0 Å². The van der Waals surface area contributed by atoms with Crippen LogP contribution in [0.15, 0.2) is 158 Å². The standard InChI is InChI=1S/C45H33N/c1-29(2)46-42-24-10-9-16-35(42)40-22-12-23-41(45(40)46)44-38-19-7-5-17-36(38)43(37-18-6-8-20-39(37)44)32-27-25-31(26-28-32)34-21-11-14-30-13-3-4-15-33(30)34/h3-29H,1-2H3. The Bertz CT molecular complexity index is 2540. The maximum absolute atomic E-state index is 2.53. The summed E-state index contributed by atoms with van der Waals surface area (Å²) in [4.78, 5) is 0. The largest absolute Gasteiger partial charge is 0.337 e. The smallest absolute Gasteiger partial charge is 0.0573 e. The Morgan fingerprint density at radius 3 is 1.52 bits per heavy atom. The van der Waals surface area contributed by atoms with E-state index in [9.17, 15) is 0 Å². The monoisotopic (exact) mass is 587 g/mol. The van der Waals surface area contributed by atoms with Crippen molar-refractivity contribution in [2.75, 3.05) is 0 Å². The number of rotatable bonds is 4. The SMILES string of the molecule is CC(C)n1c2ccccc2c2cccc(-c3c4ccccc4c(-c4ccc(-c5cccc6ccccc56)cc4)c4ccccc34)c21. The molecule has 0 aliphatic carbocycles. The quantitative estimate of drug-likeness (QED) is 0.181. The van der Waals surface area contributed by atoms with Crippen LogP contribution in [0.4, 0.5) is 0 Å². The predicted octanol–water partition coefficient (Wildman–Crippen LogP) is 12.8. The van der Waals surface area contributed by atoms with Crippen molar-refractivity contribution in [2.45, 2.75) is 19.9 Å². The molecule has 46 heavy (non-hydrogen) atoms. The first-order chi connectivity index (χ1) is 22.7. The predicted molar refractivity (Wildman–Crippen MR) is 199 cm³/mol. The van der Waals surface area contributed by atoms with Crippen LogP contribution < -0.4 is 0 Å². The summed E-state index contributed by atoms with van der Waals surface area (Å²) in [5.41, 5.74) is 10.2. The Kier molecular flexibility index (Phi) is 6.08. The lowest BCUT2D eigenvalue weighted by molar-refractivity contribution is 0.642. The van der Waals surface area contributed by atoms with Crippen LogP contribution in [0.2, 0.25) is 0 Å². The van der Waals surface area contributed by atoms with Crippen LogP contribution in [-0.2, 0) is 0 Å². The fourth-order valence-corrected chi connectivity index (χ4v) is 7.81. The molecule has 0 aliphatic heterocycles. The van der Waals surface area contributed by atoms with Gasteiger partial charge in [-0.3, -0.25) is 0 Å². The molecule has 0 spiro atoms. The van der Waals surface area contributed by atoms with E-state index in [0.29, 0.717) is 6.04 Å². The average Bonchev–Trinajstić information content (AvgIpc) is 3.46. The summed E-state index contributed by atoms with van der Waals surface area (Å²) in [6, 6.07) is 58.4. The molecule has 1 aromatic heterocycles. The van der Waals surface area contributed by atoms with Gasteiger partial charge in [0.25, 0.3) is 0 Å². The molecule has 0 N–H and O–H groups in total. The first kappa shape index (κ1) is 26.7. The Morgan fingerprint density at radius 1 is 0.370 bits per heavy atom. The molecule has 0 atom stereocenters. The highest BCUT2D eigenvalue weighted by molar-refractivity contribution is 6.25. The van der Waals surface area contributed by atoms with E-state index >= 15 is 0 Å². The van der Waals surface area contributed by atoms with Gasteiger partial charge in [-0.1, -0.05) is 152 Å². The number of nitrogens with zero attached hydrogens (tertiary/aromatic N) is 1. The van der Waals surface area contributed by atoms with Gasteiger partial charge in [0.1, 0.15) is 0 Å². The zero-order valence-electron chi connectivity index (χ0n) is 26.0. The zero-order chi connectivity index (χ0) is 30.8. The van der Waals surface area contributed by atoms with Crippen molar-refractivity contribution >= 4 is 54.1 Å². The minimum Gasteiger partial charge on any atom is -0.337 e. The van der Waals surface area contributed by atoms with Gasteiger partial charge in [-0.15, -0.1) is 0 Å². The van der Waals surface area contributed by atoms with Gasteiger partial charge in [-0.2, -0.15) is 0 Å². The van der Waals surface area contributed by atoms with Gasteiger partial charge in [0.15, 0.2) is 0 Å². The molecule has 0 radical (unpaired) electrons. The molecular formula is C45H33N. The van der Waals surface area contributed by atoms with E-state index in [1.807, 2.05) is 0 Å². The van der Waals surface area contributed by atoms with Crippen molar-refractivity contribution in [2.24, 2.45) is 0 Å². The zero-order valence-corrected chi connectivity index (χ0v) is 26.0. The van der Waals surface area contributed by atoms with Gasteiger partial charge >= 0.3 is 0 Å². The number of aromatic nitrogens is 1. The average molecular weight is 588 g/mol. The molecule has 8 aromatic carbocycles. The second kappa shape index (κ2) is 10.5. The first-order valence-corrected chi connectivity index (χ1v) is 16.2. The number of hydrogen-bond acceptors (Lipinski definition) is 0. The van der Waals surface area contributed by atoms with E-state index in [4.69, 9.17) is 0 Å². The molecule has 0 unspecified atom stereocenters. The molecule has 218 valence electrons. The lowest BCUT2D eigenvalue weighted by atomic mass is 9.85. The molecule has 9 aromatic rings. The van der Waals surface area contributed by atoms with Crippen molar-refractivity contribution in [3.63, 3.8) is 0 Å². The highest BCUT2D eigenvalue weighted by Gasteiger charge is 2.21. The number of benzene rings is 8. The Labute approximate surface area is 269 Å². The van der Waals surface area contributed by atoms with E-state index in [1.165, 1.54) is 87.5 Å². The fraction of sp³-hybridized carbons (Fsp3) is 0.0667. The molecule has 0 bridgehead atoms. The molecule has 0 amide bonds. The number of fused-ring (bicyclic) bond motifs is 6. The summed E-state index contributed by atoms with van der Waals surface area (Å²) >= 11 is 0. The highest BCUT2D eigenvalue weighted by Crippen LogP contribution is 2.47. The van der Waals surface area contributed by atoms with E-state index in [0.717, 1.165) is 0 Å². The maximum atomic E-state index is 2.53. The Morgan fingerprint density at radius 2 is 0.848 bits per heavy atom. The number of hydrogen-bond donors (Lipinski definition) is 0. The van der Waals surface area contributed by atoms with E-state index < -0.39 is 0 Å². The molecular weight excluding hydrogens is 555 g/mol. The third kappa shape index (κ3) is 3.95. The van der Waals surface area contributed by atoms with Gasteiger partial charge in [-0.05, 0) is 80.0 Å². The van der Waals surface area contributed by atoms with E-state index in [-0.39, 0.29) is 0 Å². The van der Waals surface area contributed by atoms with Crippen molar-refractivity contribution in [1.29, 1.82) is 0 Å². The molecule has 1 nitrogen and oxygen atoms in total. The second-order valence-corrected chi connectivity index (χ2v) is 12.6. The molecule has 0 fully saturated rings. The van der Waals surface area contributed by atoms with Crippen LogP contribution >= 0.6 is 0 Å². The summed E-state index contributed by atoms with van der Waals surface area (Å²) in [5, 5.41) is 10.3.